The Labute approximate surface area is 110 Å². The highest BCUT2D eigenvalue weighted by atomic mass is 16.5. The lowest BCUT2D eigenvalue weighted by atomic mass is 9.96. The van der Waals surface area contributed by atoms with E-state index in [0.29, 0.717) is 0 Å². The molecule has 1 atom stereocenters. The first-order valence-corrected chi connectivity index (χ1v) is 6.96. The van der Waals surface area contributed by atoms with Crippen LogP contribution in [-0.4, -0.2) is 28.1 Å². The summed E-state index contributed by atoms with van der Waals surface area (Å²) in [5.74, 6) is 2.41. The van der Waals surface area contributed by atoms with Crippen LogP contribution in [0.2, 0.25) is 0 Å². The SMILES string of the molecule is CC1CCN(C(C)c2nc(C(C)(C)C)no2)CC1. The van der Waals surface area contributed by atoms with Crippen LogP contribution in [0.25, 0.3) is 0 Å². The summed E-state index contributed by atoms with van der Waals surface area (Å²) < 4.78 is 5.43. The van der Waals surface area contributed by atoms with Gasteiger partial charge in [0.2, 0.25) is 5.89 Å². The highest BCUT2D eigenvalue weighted by molar-refractivity contribution is 5.02. The zero-order valence-electron chi connectivity index (χ0n) is 12.2. The van der Waals surface area contributed by atoms with Gasteiger partial charge < -0.3 is 4.52 Å². The molecule has 0 saturated carbocycles. The minimum atomic E-state index is -0.0438. The Bertz CT molecular complexity index is 386. The maximum absolute atomic E-state index is 5.43. The Balaban J connectivity index is 2.05. The minimum Gasteiger partial charge on any atom is -0.338 e. The van der Waals surface area contributed by atoms with Crippen LogP contribution in [0.1, 0.15) is 65.2 Å². The molecular formula is C14H25N3O. The third kappa shape index (κ3) is 2.91. The van der Waals surface area contributed by atoms with E-state index in [1.165, 1.54) is 12.8 Å². The third-order valence-corrected chi connectivity index (χ3v) is 3.84. The molecular weight excluding hydrogens is 226 g/mol. The highest BCUT2D eigenvalue weighted by Crippen LogP contribution is 2.27. The van der Waals surface area contributed by atoms with Crippen molar-refractivity contribution in [3.05, 3.63) is 11.7 Å². The van der Waals surface area contributed by atoms with E-state index in [-0.39, 0.29) is 11.5 Å². The van der Waals surface area contributed by atoms with Gasteiger partial charge in [0.15, 0.2) is 5.82 Å². The standard InChI is InChI=1S/C14H25N3O/c1-10-6-8-17(9-7-10)11(2)12-15-13(16-18-12)14(3,4)5/h10-11H,6-9H2,1-5H3. The highest BCUT2D eigenvalue weighted by Gasteiger charge is 2.27. The predicted molar refractivity (Wildman–Crippen MR) is 71.4 cm³/mol. The average molecular weight is 251 g/mol. The molecule has 0 radical (unpaired) electrons. The zero-order chi connectivity index (χ0) is 13.3. The molecule has 0 N–H and O–H groups in total. The predicted octanol–water partition coefficient (Wildman–Crippen LogP) is 3.16. The summed E-state index contributed by atoms with van der Waals surface area (Å²) in [7, 11) is 0. The molecule has 4 nitrogen and oxygen atoms in total. The number of likely N-dealkylation sites (tertiary alicyclic amines) is 1. The molecule has 1 aliphatic rings. The Morgan fingerprint density at radius 2 is 1.89 bits per heavy atom. The van der Waals surface area contributed by atoms with Crippen LogP contribution in [0.4, 0.5) is 0 Å². The van der Waals surface area contributed by atoms with E-state index in [4.69, 9.17) is 4.52 Å². The summed E-state index contributed by atoms with van der Waals surface area (Å²) in [6.07, 6.45) is 2.54. The number of hydrogen-bond donors (Lipinski definition) is 0. The van der Waals surface area contributed by atoms with E-state index in [0.717, 1.165) is 30.7 Å². The van der Waals surface area contributed by atoms with Gasteiger partial charge in [-0.2, -0.15) is 4.98 Å². The smallest absolute Gasteiger partial charge is 0.243 e. The van der Waals surface area contributed by atoms with Crippen molar-refractivity contribution in [3.63, 3.8) is 0 Å². The van der Waals surface area contributed by atoms with Crippen LogP contribution >= 0.6 is 0 Å². The maximum Gasteiger partial charge on any atom is 0.243 e. The fourth-order valence-electron chi connectivity index (χ4n) is 2.28. The van der Waals surface area contributed by atoms with Crippen LogP contribution in [-0.2, 0) is 5.41 Å². The lowest BCUT2D eigenvalue weighted by Crippen LogP contribution is -2.35. The Morgan fingerprint density at radius 1 is 1.28 bits per heavy atom. The van der Waals surface area contributed by atoms with Crippen LogP contribution in [0, 0.1) is 5.92 Å². The van der Waals surface area contributed by atoms with Gasteiger partial charge in [0.25, 0.3) is 0 Å². The van der Waals surface area contributed by atoms with E-state index in [2.05, 4.69) is 49.7 Å². The summed E-state index contributed by atoms with van der Waals surface area (Å²) in [6, 6.07) is 0.237. The molecule has 0 amide bonds. The van der Waals surface area contributed by atoms with Crippen LogP contribution < -0.4 is 0 Å². The van der Waals surface area contributed by atoms with Crippen LogP contribution in [0.3, 0.4) is 0 Å². The molecule has 1 aromatic rings. The Kier molecular flexibility index (Phi) is 3.76. The topological polar surface area (TPSA) is 42.2 Å². The van der Waals surface area contributed by atoms with Crippen molar-refractivity contribution in [2.24, 2.45) is 5.92 Å². The largest absolute Gasteiger partial charge is 0.338 e. The molecule has 1 aromatic heterocycles. The van der Waals surface area contributed by atoms with Gasteiger partial charge in [0.1, 0.15) is 0 Å². The van der Waals surface area contributed by atoms with E-state index in [1.54, 1.807) is 0 Å². The monoisotopic (exact) mass is 251 g/mol. The van der Waals surface area contributed by atoms with Gasteiger partial charge in [-0.1, -0.05) is 32.9 Å². The fraction of sp³-hybridized carbons (Fsp3) is 0.857. The van der Waals surface area contributed by atoms with Gasteiger partial charge in [0, 0.05) is 5.41 Å². The van der Waals surface area contributed by atoms with Crippen LogP contribution in [0.15, 0.2) is 4.52 Å². The number of piperidine rings is 1. The van der Waals surface area contributed by atoms with Crippen molar-refractivity contribution in [2.45, 2.75) is 58.9 Å². The van der Waals surface area contributed by atoms with Gasteiger partial charge in [-0.3, -0.25) is 4.90 Å². The normalized spacial score (nSPS) is 21.2. The Morgan fingerprint density at radius 3 is 2.39 bits per heavy atom. The molecule has 0 spiro atoms. The van der Waals surface area contributed by atoms with E-state index in [9.17, 15) is 0 Å². The average Bonchev–Trinajstić information content (AvgIpc) is 2.78. The Hall–Kier alpha value is -0.900. The van der Waals surface area contributed by atoms with Crippen molar-refractivity contribution in [1.82, 2.24) is 15.0 Å². The lowest BCUT2D eigenvalue weighted by Gasteiger charge is -2.33. The molecule has 102 valence electrons. The van der Waals surface area contributed by atoms with Gasteiger partial charge in [-0.05, 0) is 38.8 Å². The van der Waals surface area contributed by atoms with Gasteiger partial charge in [-0.25, -0.2) is 0 Å². The molecule has 1 aliphatic heterocycles. The van der Waals surface area contributed by atoms with Crippen molar-refractivity contribution in [2.75, 3.05) is 13.1 Å². The molecule has 0 bridgehead atoms. The van der Waals surface area contributed by atoms with Crippen molar-refractivity contribution >= 4 is 0 Å². The molecule has 1 unspecified atom stereocenters. The summed E-state index contributed by atoms with van der Waals surface area (Å²) in [6.45, 7) is 13.1. The number of aromatic nitrogens is 2. The molecule has 4 heteroatoms. The number of hydrogen-bond acceptors (Lipinski definition) is 4. The van der Waals surface area contributed by atoms with Gasteiger partial charge in [-0.15, -0.1) is 0 Å². The second kappa shape index (κ2) is 5.00. The first-order chi connectivity index (χ1) is 8.38. The van der Waals surface area contributed by atoms with Gasteiger partial charge >= 0.3 is 0 Å². The zero-order valence-corrected chi connectivity index (χ0v) is 12.2. The van der Waals surface area contributed by atoms with E-state index in [1.807, 2.05) is 0 Å². The van der Waals surface area contributed by atoms with Crippen molar-refractivity contribution in [3.8, 4) is 0 Å². The summed E-state index contributed by atoms with van der Waals surface area (Å²) in [4.78, 5) is 7.00. The maximum atomic E-state index is 5.43. The summed E-state index contributed by atoms with van der Waals surface area (Å²) >= 11 is 0. The molecule has 0 aromatic carbocycles. The summed E-state index contributed by atoms with van der Waals surface area (Å²) in [5.41, 5.74) is -0.0438. The first kappa shape index (κ1) is 13.5. The second-order valence-corrected chi connectivity index (χ2v) is 6.60. The number of nitrogens with zero attached hydrogens (tertiary/aromatic N) is 3. The fourth-order valence-corrected chi connectivity index (χ4v) is 2.28. The van der Waals surface area contributed by atoms with Crippen molar-refractivity contribution in [1.29, 1.82) is 0 Å². The molecule has 2 heterocycles. The second-order valence-electron chi connectivity index (χ2n) is 6.60. The molecule has 1 fully saturated rings. The quantitative estimate of drug-likeness (QED) is 0.809. The molecule has 2 rings (SSSR count). The molecule has 1 saturated heterocycles. The van der Waals surface area contributed by atoms with E-state index < -0.39 is 0 Å². The number of rotatable bonds is 2. The molecule has 0 aliphatic carbocycles. The first-order valence-electron chi connectivity index (χ1n) is 6.96. The van der Waals surface area contributed by atoms with E-state index >= 15 is 0 Å². The minimum absolute atomic E-state index is 0.0438. The lowest BCUT2D eigenvalue weighted by molar-refractivity contribution is 0.124. The molecule has 18 heavy (non-hydrogen) atoms. The van der Waals surface area contributed by atoms with Crippen LogP contribution in [0.5, 0.6) is 0 Å². The van der Waals surface area contributed by atoms with Crippen molar-refractivity contribution < 1.29 is 4.52 Å². The third-order valence-electron chi connectivity index (χ3n) is 3.84. The van der Waals surface area contributed by atoms with Gasteiger partial charge in [0.05, 0.1) is 6.04 Å². The summed E-state index contributed by atoms with van der Waals surface area (Å²) in [5, 5.41) is 4.11.